The molecule has 2 amide bonds. The minimum Gasteiger partial charge on any atom is -0.493 e. The summed E-state index contributed by atoms with van der Waals surface area (Å²) in [5.41, 5.74) is 4.12. The van der Waals surface area contributed by atoms with Crippen molar-refractivity contribution in [2.24, 2.45) is 0 Å². The zero-order valence-corrected chi connectivity index (χ0v) is 23.0. The van der Waals surface area contributed by atoms with Crippen LogP contribution in [0.3, 0.4) is 0 Å². The highest BCUT2D eigenvalue weighted by Gasteiger charge is 2.30. The van der Waals surface area contributed by atoms with Crippen molar-refractivity contribution in [3.8, 4) is 11.5 Å². The Labute approximate surface area is 227 Å². The molecule has 0 fully saturated rings. The Balaban J connectivity index is 1.90. The second-order valence-electron chi connectivity index (χ2n) is 9.49. The Bertz CT molecular complexity index is 1180. The third kappa shape index (κ3) is 8.10. The van der Waals surface area contributed by atoms with Gasteiger partial charge in [-0.2, -0.15) is 0 Å². The van der Waals surface area contributed by atoms with E-state index in [0.717, 1.165) is 35.1 Å². The van der Waals surface area contributed by atoms with E-state index in [4.69, 9.17) is 9.47 Å². The largest absolute Gasteiger partial charge is 0.493 e. The Morgan fingerprint density at radius 2 is 1.61 bits per heavy atom. The van der Waals surface area contributed by atoms with Crippen LogP contribution in [0.4, 0.5) is 0 Å². The van der Waals surface area contributed by atoms with E-state index in [1.54, 1.807) is 19.1 Å². The molecule has 0 saturated heterocycles. The minimum absolute atomic E-state index is 0.0605. The first-order valence-corrected chi connectivity index (χ1v) is 13.3. The summed E-state index contributed by atoms with van der Waals surface area (Å²) in [6.45, 7) is 5.10. The Morgan fingerprint density at radius 1 is 0.895 bits per heavy atom. The molecule has 38 heavy (non-hydrogen) atoms. The second-order valence-corrected chi connectivity index (χ2v) is 9.49. The molecule has 1 atom stereocenters. The van der Waals surface area contributed by atoms with E-state index < -0.39 is 6.04 Å². The van der Waals surface area contributed by atoms with E-state index in [-0.39, 0.29) is 18.2 Å². The lowest BCUT2D eigenvalue weighted by molar-refractivity contribution is -0.141. The highest BCUT2D eigenvalue weighted by Crippen LogP contribution is 2.28. The number of hydrogen-bond donors (Lipinski definition) is 1. The second kappa shape index (κ2) is 14.8. The number of carbonyl (C=O) groups excluding carboxylic acids is 2. The third-order valence-corrected chi connectivity index (χ3v) is 6.78. The minimum atomic E-state index is -0.619. The highest BCUT2D eigenvalue weighted by atomic mass is 16.5. The molecule has 0 aliphatic heterocycles. The molecule has 3 rings (SSSR count). The molecule has 3 aromatic rings. The maximum absolute atomic E-state index is 13.9. The van der Waals surface area contributed by atoms with Crippen molar-refractivity contribution < 1.29 is 19.1 Å². The Hall–Kier alpha value is -3.80. The standard InChI is InChI=1S/C32H40N2O4/c1-5-6-20-33-32(36)28(21-25-13-8-7-9-14-25)34(23-27-15-11-10-12-24(27)2)31(35)19-17-26-16-18-29(37-3)30(22-26)38-4/h7-16,18,22,28H,5-6,17,19-21,23H2,1-4H3,(H,33,36). The van der Waals surface area contributed by atoms with Gasteiger partial charge in [-0.25, -0.2) is 0 Å². The van der Waals surface area contributed by atoms with Gasteiger partial charge < -0.3 is 19.7 Å². The van der Waals surface area contributed by atoms with Crippen LogP contribution >= 0.6 is 0 Å². The van der Waals surface area contributed by atoms with E-state index in [9.17, 15) is 9.59 Å². The van der Waals surface area contributed by atoms with Crippen molar-refractivity contribution >= 4 is 11.8 Å². The van der Waals surface area contributed by atoms with E-state index in [1.807, 2.05) is 79.7 Å². The zero-order valence-electron chi connectivity index (χ0n) is 23.0. The first kappa shape index (κ1) is 28.8. The normalized spacial score (nSPS) is 11.5. The van der Waals surface area contributed by atoms with Gasteiger partial charge in [-0.15, -0.1) is 0 Å². The fourth-order valence-electron chi connectivity index (χ4n) is 4.46. The number of rotatable bonds is 14. The van der Waals surface area contributed by atoms with Gasteiger partial charge in [0.15, 0.2) is 11.5 Å². The molecule has 0 spiro atoms. The number of amides is 2. The van der Waals surface area contributed by atoms with Crippen molar-refractivity contribution in [2.75, 3.05) is 20.8 Å². The number of ether oxygens (including phenoxy) is 2. The number of methoxy groups -OCH3 is 2. The van der Waals surface area contributed by atoms with Crippen LogP contribution in [0.25, 0.3) is 0 Å². The van der Waals surface area contributed by atoms with Gasteiger partial charge in [0.05, 0.1) is 14.2 Å². The van der Waals surface area contributed by atoms with Gasteiger partial charge >= 0.3 is 0 Å². The molecule has 0 saturated carbocycles. The number of carbonyl (C=O) groups is 2. The predicted molar refractivity (Wildman–Crippen MR) is 151 cm³/mol. The lowest BCUT2D eigenvalue weighted by Crippen LogP contribution is -2.50. The number of nitrogens with one attached hydrogen (secondary N) is 1. The highest BCUT2D eigenvalue weighted by molar-refractivity contribution is 5.88. The van der Waals surface area contributed by atoms with Crippen molar-refractivity contribution in [2.45, 2.75) is 58.5 Å². The monoisotopic (exact) mass is 516 g/mol. The number of benzene rings is 3. The lowest BCUT2D eigenvalue weighted by atomic mass is 10.00. The van der Waals surface area contributed by atoms with Crippen LogP contribution < -0.4 is 14.8 Å². The summed E-state index contributed by atoms with van der Waals surface area (Å²) in [4.78, 5) is 29.2. The van der Waals surface area contributed by atoms with Crippen LogP contribution in [0, 0.1) is 6.92 Å². The number of hydrogen-bond acceptors (Lipinski definition) is 4. The van der Waals surface area contributed by atoms with Gasteiger partial charge in [0.2, 0.25) is 11.8 Å². The van der Waals surface area contributed by atoms with E-state index in [1.165, 1.54) is 0 Å². The van der Waals surface area contributed by atoms with E-state index in [0.29, 0.717) is 37.4 Å². The summed E-state index contributed by atoms with van der Waals surface area (Å²) in [5, 5.41) is 3.08. The quantitative estimate of drug-likeness (QED) is 0.287. The fraction of sp³-hybridized carbons (Fsp3) is 0.375. The van der Waals surface area contributed by atoms with Crippen LogP contribution in [0.2, 0.25) is 0 Å². The number of aryl methyl sites for hydroxylation is 2. The molecular formula is C32H40N2O4. The van der Waals surface area contributed by atoms with Crippen molar-refractivity contribution in [3.05, 3.63) is 95.1 Å². The molecule has 3 aromatic carbocycles. The number of unbranched alkanes of at least 4 members (excludes halogenated alkanes) is 1. The molecule has 1 N–H and O–H groups in total. The summed E-state index contributed by atoms with van der Waals surface area (Å²) in [6, 6.07) is 23.0. The number of nitrogens with zero attached hydrogens (tertiary/aromatic N) is 1. The molecule has 0 bridgehead atoms. The summed E-state index contributed by atoms with van der Waals surface area (Å²) < 4.78 is 10.8. The van der Waals surface area contributed by atoms with Crippen molar-refractivity contribution in [3.63, 3.8) is 0 Å². The summed E-state index contributed by atoms with van der Waals surface area (Å²) in [6.07, 6.45) is 3.14. The molecular weight excluding hydrogens is 476 g/mol. The average Bonchev–Trinajstić information content (AvgIpc) is 2.94. The molecule has 0 aromatic heterocycles. The smallest absolute Gasteiger partial charge is 0.243 e. The summed E-state index contributed by atoms with van der Waals surface area (Å²) >= 11 is 0. The molecule has 6 nitrogen and oxygen atoms in total. The van der Waals surface area contributed by atoms with Crippen LogP contribution in [-0.2, 0) is 29.0 Å². The maximum Gasteiger partial charge on any atom is 0.243 e. The molecule has 6 heteroatoms. The summed E-state index contributed by atoms with van der Waals surface area (Å²) in [5.74, 6) is 1.10. The van der Waals surface area contributed by atoms with Crippen LogP contribution in [0.1, 0.15) is 48.4 Å². The van der Waals surface area contributed by atoms with Gasteiger partial charge in [0, 0.05) is 25.9 Å². The van der Waals surface area contributed by atoms with Gasteiger partial charge in [-0.05, 0) is 54.2 Å². The van der Waals surface area contributed by atoms with Crippen molar-refractivity contribution in [1.82, 2.24) is 10.2 Å². The predicted octanol–water partition coefficient (Wildman–Crippen LogP) is 5.50. The first-order chi connectivity index (χ1) is 18.5. The molecule has 202 valence electrons. The van der Waals surface area contributed by atoms with Crippen LogP contribution in [-0.4, -0.2) is 43.5 Å². The van der Waals surface area contributed by atoms with Gasteiger partial charge in [-0.1, -0.05) is 74.0 Å². The summed E-state index contributed by atoms with van der Waals surface area (Å²) in [7, 11) is 3.20. The van der Waals surface area contributed by atoms with Crippen LogP contribution in [0.15, 0.2) is 72.8 Å². The maximum atomic E-state index is 13.9. The third-order valence-electron chi connectivity index (χ3n) is 6.78. The molecule has 0 aliphatic rings. The SMILES string of the molecule is CCCCNC(=O)C(Cc1ccccc1)N(Cc1ccccc1C)C(=O)CCc1ccc(OC)c(OC)c1. The Morgan fingerprint density at radius 3 is 2.29 bits per heavy atom. The molecule has 0 aliphatic carbocycles. The molecule has 0 radical (unpaired) electrons. The Kier molecular flexibility index (Phi) is 11.2. The fourth-order valence-corrected chi connectivity index (χ4v) is 4.46. The average molecular weight is 517 g/mol. The lowest BCUT2D eigenvalue weighted by Gasteiger charge is -2.32. The van der Waals surface area contributed by atoms with Crippen LogP contribution in [0.5, 0.6) is 11.5 Å². The van der Waals surface area contributed by atoms with Crippen molar-refractivity contribution in [1.29, 1.82) is 0 Å². The molecule has 1 unspecified atom stereocenters. The first-order valence-electron chi connectivity index (χ1n) is 13.3. The van der Waals surface area contributed by atoms with Gasteiger partial charge in [0.1, 0.15) is 6.04 Å². The zero-order chi connectivity index (χ0) is 27.3. The topological polar surface area (TPSA) is 67.9 Å². The van der Waals surface area contributed by atoms with E-state index >= 15 is 0 Å². The van der Waals surface area contributed by atoms with Gasteiger partial charge in [0.25, 0.3) is 0 Å². The molecule has 0 heterocycles. The van der Waals surface area contributed by atoms with E-state index in [2.05, 4.69) is 12.2 Å². The van der Waals surface area contributed by atoms with Gasteiger partial charge in [-0.3, -0.25) is 9.59 Å².